The molecular weight excluding hydrogens is 330 g/mol. The Morgan fingerprint density at radius 3 is 3.09 bits per heavy atom. The first kappa shape index (κ1) is 14.5. The van der Waals surface area contributed by atoms with Crippen molar-refractivity contribution in [2.75, 3.05) is 18.0 Å². The monoisotopic (exact) mass is 343 g/mol. The molecule has 0 bridgehead atoms. The lowest BCUT2D eigenvalue weighted by molar-refractivity contribution is 0.497. The zero-order valence-corrected chi connectivity index (χ0v) is 13.9. The van der Waals surface area contributed by atoms with Crippen LogP contribution in [-0.4, -0.2) is 27.4 Å². The second-order valence-corrected chi connectivity index (χ2v) is 6.80. The second kappa shape index (κ2) is 5.84. The van der Waals surface area contributed by atoms with Crippen LogP contribution in [0.25, 0.3) is 11.0 Å². The Bertz CT molecular complexity index is 860. The summed E-state index contributed by atoms with van der Waals surface area (Å²) in [5.41, 5.74) is 2.55. The molecule has 1 aliphatic heterocycles. The Kier molecular flexibility index (Phi) is 3.68. The molecule has 4 rings (SSSR count). The Labute approximate surface area is 142 Å². The summed E-state index contributed by atoms with van der Waals surface area (Å²) in [6, 6.07) is 10.2. The fourth-order valence-electron chi connectivity index (χ4n) is 3.12. The Balaban J connectivity index is 1.63. The molecule has 1 aliphatic rings. The third-order valence-corrected chi connectivity index (χ3v) is 5.53. The number of imidazole rings is 1. The van der Waals surface area contributed by atoms with Crippen molar-refractivity contribution in [2.24, 2.45) is 0 Å². The SMILES string of the molecule is N#Cc1c(Cl)nsc1N1CCCC(c2nc3ccccc3[nH]2)C1. The molecule has 1 N–H and O–H groups in total. The summed E-state index contributed by atoms with van der Waals surface area (Å²) in [4.78, 5) is 10.4. The van der Waals surface area contributed by atoms with E-state index < -0.39 is 0 Å². The van der Waals surface area contributed by atoms with Crippen molar-refractivity contribution in [3.63, 3.8) is 0 Å². The minimum absolute atomic E-state index is 0.304. The van der Waals surface area contributed by atoms with E-state index in [1.165, 1.54) is 11.5 Å². The first-order chi connectivity index (χ1) is 11.3. The van der Waals surface area contributed by atoms with Crippen LogP contribution in [0.1, 0.15) is 30.1 Å². The third kappa shape index (κ3) is 2.56. The van der Waals surface area contributed by atoms with Crippen molar-refractivity contribution in [3.05, 3.63) is 40.8 Å². The first-order valence-electron chi connectivity index (χ1n) is 7.51. The van der Waals surface area contributed by atoms with Crippen LogP contribution in [-0.2, 0) is 0 Å². The molecule has 116 valence electrons. The number of benzene rings is 1. The van der Waals surface area contributed by atoms with Crippen LogP contribution in [0.5, 0.6) is 0 Å². The van der Waals surface area contributed by atoms with Gasteiger partial charge in [-0.3, -0.25) is 0 Å². The molecule has 1 atom stereocenters. The zero-order chi connectivity index (χ0) is 15.8. The van der Waals surface area contributed by atoms with E-state index >= 15 is 0 Å². The predicted octanol–water partition coefficient (Wildman–Crippen LogP) is 3.93. The Hall–Kier alpha value is -2.10. The van der Waals surface area contributed by atoms with Crippen LogP contribution in [0, 0.1) is 11.3 Å². The standard InChI is InChI=1S/C16H14ClN5S/c17-14-11(8-18)16(23-21-14)22-7-3-4-10(9-22)15-19-12-5-1-2-6-13(12)20-15/h1-2,5-6,10H,3-4,7,9H2,(H,19,20). The number of fused-ring (bicyclic) bond motifs is 1. The van der Waals surface area contributed by atoms with Crippen molar-refractivity contribution in [2.45, 2.75) is 18.8 Å². The fourth-order valence-corrected chi connectivity index (χ4v) is 4.19. The maximum Gasteiger partial charge on any atom is 0.162 e. The van der Waals surface area contributed by atoms with E-state index in [4.69, 9.17) is 16.6 Å². The predicted molar refractivity (Wildman–Crippen MR) is 92.1 cm³/mol. The number of aromatic nitrogens is 3. The van der Waals surface area contributed by atoms with Crippen LogP contribution in [0.15, 0.2) is 24.3 Å². The van der Waals surface area contributed by atoms with Crippen LogP contribution in [0.3, 0.4) is 0 Å². The Morgan fingerprint density at radius 1 is 1.39 bits per heavy atom. The number of nitrogens with zero attached hydrogens (tertiary/aromatic N) is 4. The largest absolute Gasteiger partial charge is 0.360 e. The molecule has 2 aromatic heterocycles. The summed E-state index contributed by atoms with van der Waals surface area (Å²) < 4.78 is 4.11. The molecule has 0 saturated carbocycles. The molecule has 1 saturated heterocycles. The average molecular weight is 344 g/mol. The van der Waals surface area contributed by atoms with Gasteiger partial charge in [0.15, 0.2) is 5.15 Å². The molecule has 1 aromatic carbocycles. The van der Waals surface area contributed by atoms with Crippen LogP contribution in [0.2, 0.25) is 5.15 Å². The number of rotatable bonds is 2. The molecule has 5 nitrogen and oxygen atoms in total. The number of H-pyrrole nitrogens is 1. The molecule has 3 heterocycles. The molecule has 0 radical (unpaired) electrons. The number of hydrogen-bond acceptors (Lipinski definition) is 5. The van der Waals surface area contributed by atoms with Gasteiger partial charge in [0.1, 0.15) is 22.5 Å². The molecule has 3 aromatic rings. The topological polar surface area (TPSA) is 68.6 Å². The zero-order valence-electron chi connectivity index (χ0n) is 12.3. The van der Waals surface area contributed by atoms with Crippen molar-refractivity contribution >= 4 is 39.2 Å². The number of hydrogen-bond donors (Lipinski definition) is 1. The molecule has 0 amide bonds. The van der Waals surface area contributed by atoms with E-state index in [9.17, 15) is 5.26 Å². The van der Waals surface area contributed by atoms with Gasteiger partial charge in [0, 0.05) is 19.0 Å². The third-order valence-electron chi connectivity index (χ3n) is 4.25. The number of para-hydroxylation sites is 2. The van der Waals surface area contributed by atoms with Gasteiger partial charge in [-0.05, 0) is 36.5 Å². The highest BCUT2D eigenvalue weighted by atomic mass is 35.5. The lowest BCUT2D eigenvalue weighted by Crippen LogP contribution is -2.34. The number of nitriles is 1. The van der Waals surface area contributed by atoms with E-state index in [1.54, 1.807) is 0 Å². The van der Waals surface area contributed by atoms with Crippen LogP contribution < -0.4 is 4.90 Å². The first-order valence-corrected chi connectivity index (χ1v) is 8.66. The highest BCUT2D eigenvalue weighted by Crippen LogP contribution is 2.36. The van der Waals surface area contributed by atoms with Gasteiger partial charge in [0.2, 0.25) is 0 Å². The van der Waals surface area contributed by atoms with Gasteiger partial charge in [0.05, 0.1) is 11.0 Å². The molecule has 1 fully saturated rings. The van der Waals surface area contributed by atoms with Gasteiger partial charge in [-0.2, -0.15) is 9.64 Å². The minimum Gasteiger partial charge on any atom is -0.360 e. The highest BCUT2D eigenvalue weighted by Gasteiger charge is 2.27. The van der Waals surface area contributed by atoms with E-state index in [-0.39, 0.29) is 0 Å². The average Bonchev–Trinajstić information content (AvgIpc) is 3.18. The molecule has 0 aliphatic carbocycles. The normalized spacial score (nSPS) is 18.3. The van der Waals surface area contributed by atoms with Crippen LogP contribution in [0.4, 0.5) is 5.00 Å². The highest BCUT2D eigenvalue weighted by molar-refractivity contribution is 7.10. The van der Waals surface area contributed by atoms with Crippen LogP contribution >= 0.6 is 23.1 Å². The van der Waals surface area contributed by atoms with E-state index in [0.29, 0.717) is 16.6 Å². The van der Waals surface area contributed by atoms with Gasteiger partial charge < -0.3 is 9.88 Å². The quantitative estimate of drug-likeness (QED) is 0.765. The van der Waals surface area contributed by atoms with E-state index in [2.05, 4.69) is 20.3 Å². The number of halogens is 1. The van der Waals surface area contributed by atoms with Crippen molar-refractivity contribution < 1.29 is 0 Å². The molecule has 7 heteroatoms. The summed E-state index contributed by atoms with van der Waals surface area (Å²) >= 11 is 7.30. The number of aromatic amines is 1. The molecule has 23 heavy (non-hydrogen) atoms. The van der Waals surface area contributed by atoms with Gasteiger partial charge >= 0.3 is 0 Å². The van der Waals surface area contributed by atoms with E-state index in [1.807, 2.05) is 24.3 Å². The molecule has 0 spiro atoms. The lowest BCUT2D eigenvalue weighted by atomic mass is 9.97. The summed E-state index contributed by atoms with van der Waals surface area (Å²) in [7, 11) is 0. The maximum absolute atomic E-state index is 9.28. The molecule has 1 unspecified atom stereocenters. The number of nitrogens with one attached hydrogen (secondary N) is 1. The fraction of sp³-hybridized carbons (Fsp3) is 0.312. The number of piperidine rings is 1. The maximum atomic E-state index is 9.28. The van der Waals surface area contributed by atoms with Gasteiger partial charge in [0.25, 0.3) is 0 Å². The lowest BCUT2D eigenvalue weighted by Gasteiger charge is -2.32. The van der Waals surface area contributed by atoms with Crippen molar-refractivity contribution in [1.29, 1.82) is 5.26 Å². The summed E-state index contributed by atoms with van der Waals surface area (Å²) in [6.45, 7) is 1.75. The number of anilines is 1. The summed E-state index contributed by atoms with van der Waals surface area (Å²) in [5, 5.41) is 10.5. The second-order valence-electron chi connectivity index (χ2n) is 5.69. The van der Waals surface area contributed by atoms with Gasteiger partial charge in [-0.1, -0.05) is 23.7 Å². The van der Waals surface area contributed by atoms with Gasteiger partial charge in [-0.25, -0.2) is 4.98 Å². The van der Waals surface area contributed by atoms with Crippen molar-refractivity contribution in [1.82, 2.24) is 14.3 Å². The summed E-state index contributed by atoms with van der Waals surface area (Å²) in [6.07, 6.45) is 2.15. The smallest absolute Gasteiger partial charge is 0.162 e. The van der Waals surface area contributed by atoms with Gasteiger partial charge in [-0.15, -0.1) is 0 Å². The minimum atomic E-state index is 0.304. The summed E-state index contributed by atoms with van der Waals surface area (Å²) in [5.74, 6) is 1.34. The van der Waals surface area contributed by atoms with Crippen molar-refractivity contribution in [3.8, 4) is 6.07 Å². The molecular formula is C16H14ClN5S. The Morgan fingerprint density at radius 2 is 2.26 bits per heavy atom. The van der Waals surface area contributed by atoms with E-state index in [0.717, 1.165) is 47.8 Å².